The molecule has 5 heteroatoms. The number of aromatic nitrogens is 2. The number of benzene rings is 1. The molecule has 0 fully saturated rings. The van der Waals surface area contributed by atoms with Crippen molar-refractivity contribution in [1.29, 1.82) is 0 Å². The highest BCUT2D eigenvalue weighted by Crippen LogP contribution is 2.18. The fourth-order valence-corrected chi connectivity index (χ4v) is 1.82. The topological polar surface area (TPSA) is 58.2 Å². The Labute approximate surface area is 106 Å². The van der Waals surface area contributed by atoms with E-state index in [0.717, 1.165) is 10.9 Å². The van der Waals surface area contributed by atoms with Crippen LogP contribution in [0.5, 0.6) is 5.75 Å². The maximum absolute atomic E-state index is 11.8. The van der Waals surface area contributed by atoms with E-state index in [2.05, 4.69) is 10.2 Å². The predicted molar refractivity (Wildman–Crippen MR) is 69.5 cm³/mol. The first kappa shape index (κ1) is 12.4. The zero-order valence-electron chi connectivity index (χ0n) is 10.6. The summed E-state index contributed by atoms with van der Waals surface area (Å²) in [6.45, 7) is 5.40. The molecule has 0 unspecified atom stereocenters. The molecule has 96 valence electrons. The van der Waals surface area contributed by atoms with Crippen molar-refractivity contribution in [3.8, 4) is 5.75 Å². The smallest absolute Gasteiger partial charge is 0.260 e. The van der Waals surface area contributed by atoms with E-state index < -0.39 is 0 Å². The average Bonchev–Trinajstić information content (AvgIpc) is 2.85. The third-order valence-electron chi connectivity index (χ3n) is 2.89. The molecule has 0 spiro atoms. The molecule has 0 aliphatic rings. The molecule has 0 aliphatic carbocycles. The van der Waals surface area contributed by atoms with Crippen LogP contribution in [0.15, 0.2) is 24.4 Å². The van der Waals surface area contributed by atoms with Gasteiger partial charge in [-0.05, 0) is 26.0 Å². The van der Waals surface area contributed by atoms with E-state index in [4.69, 9.17) is 4.74 Å². The Morgan fingerprint density at radius 2 is 2.17 bits per heavy atom. The minimum atomic E-state index is 0.00436. The molecule has 0 bridgehead atoms. The summed E-state index contributed by atoms with van der Waals surface area (Å²) in [7, 11) is 0. The van der Waals surface area contributed by atoms with E-state index in [1.165, 1.54) is 0 Å². The van der Waals surface area contributed by atoms with E-state index in [1.807, 2.05) is 32.0 Å². The van der Waals surface area contributed by atoms with Crippen LogP contribution in [-0.2, 0) is 4.79 Å². The standard InChI is InChI=1S/C13H17N3O2/c1-3-16(4-2)13(17)9-18-11-6-5-10-8-14-15-12(10)7-11/h5-8H,3-4,9H2,1-2H3,(H,14,15). The molecule has 1 heterocycles. The molecule has 0 atom stereocenters. The monoisotopic (exact) mass is 247 g/mol. The number of aromatic amines is 1. The van der Waals surface area contributed by atoms with Crippen molar-refractivity contribution >= 4 is 16.8 Å². The van der Waals surface area contributed by atoms with Crippen molar-refractivity contribution < 1.29 is 9.53 Å². The molecule has 18 heavy (non-hydrogen) atoms. The maximum Gasteiger partial charge on any atom is 0.260 e. The molecule has 1 N–H and O–H groups in total. The van der Waals surface area contributed by atoms with Gasteiger partial charge < -0.3 is 9.64 Å². The first-order valence-corrected chi connectivity index (χ1v) is 6.08. The van der Waals surface area contributed by atoms with Crippen molar-refractivity contribution in [2.45, 2.75) is 13.8 Å². The molecule has 1 aromatic heterocycles. The summed E-state index contributed by atoms with van der Waals surface area (Å²) < 4.78 is 5.49. The van der Waals surface area contributed by atoms with Gasteiger partial charge >= 0.3 is 0 Å². The molecule has 0 saturated carbocycles. The Balaban J connectivity index is 1.99. The summed E-state index contributed by atoms with van der Waals surface area (Å²) in [5.74, 6) is 0.678. The van der Waals surface area contributed by atoms with Gasteiger partial charge in [-0.3, -0.25) is 9.89 Å². The van der Waals surface area contributed by atoms with Gasteiger partial charge in [0.15, 0.2) is 6.61 Å². The number of likely N-dealkylation sites (N-methyl/N-ethyl adjacent to an activating group) is 1. The van der Waals surface area contributed by atoms with Crippen LogP contribution >= 0.6 is 0 Å². The molecule has 2 rings (SSSR count). The number of rotatable bonds is 5. The SMILES string of the molecule is CCN(CC)C(=O)COc1ccc2cn[nH]c2c1. The third-order valence-corrected chi connectivity index (χ3v) is 2.89. The lowest BCUT2D eigenvalue weighted by molar-refractivity contribution is -0.132. The van der Waals surface area contributed by atoms with Gasteiger partial charge in [-0.2, -0.15) is 5.10 Å². The van der Waals surface area contributed by atoms with E-state index in [0.29, 0.717) is 18.8 Å². The molecule has 0 aliphatic heterocycles. The summed E-state index contributed by atoms with van der Waals surface area (Å²) in [6, 6.07) is 5.60. The summed E-state index contributed by atoms with van der Waals surface area (Å²) >= 11 is 0. The van der Waals surface area contributed by atoms with Crippen molar-refractivity contribution in [1.82, 2.24) is 15.1 Å². The molecule has 2 aromatic rings. The fraction of sp³-hybridized carbons (Fsp3) is 0.385. The summed E-state index contributed by atoms with van der Waals surface area (Å²) in [5.41, 5.74) is 0.905. The van der Waals surface area contributed by atoms with Gasteiger partial charge in [-0.1, -0.05) is 0 Å². The van der Waals surface area contributed by atoms with Crippen molar-refractivity contribution in [2.75, 3.05) is 19.7 Å². The molecule has 0 saturated heterocycles. The van der Waals surface area contributed by atoms with Gasteiger partial charge in [0.1, 0.15) is 5.75 Å². The molecule has 5 nitrogen and oxygen atoms in total. The highest BCUT2D eigenvalue weighted by molar-refractivity contribution is 5.80. The minimum absolute atomic E-state index is 0.00436. The number of ether oxygens (including phenoxy) is 1. The number of H-pyrrole nitrogens is 1. The van der Waals surface area contributed by atoms with Crippen molar-refractivity contribution in [3.63, 3.8) is 0 Å². The number of nitrogens with one attached hydrogen (secondary N) is 1. The highest BCUT2D eigenvalue weighted by atomic mass is 16.5. The largest absolute Gasteiger partial charge is 0.484 e. The molecular weight excluding hydrogens is 230 g/mol. The minimum Gasteiger partial charge on any atom is -0.484 e. The lowest BCUT2D eigenvalue weighted by atomic mass is 10.2. The average molecular weight is 247 g/mol. The van der Waals surface area contributed by atoms with Crippen molar-refractivity contribution in [3.05, 3.63) is 24.4 Å². The van der Waals surface area contributed by atoms with E-state index in [-0.39, 0.29) is 12.5 Å². The molecule has 1 amide bonds. The number of hydrogen-bond acceptors (Lipinski definition) is 3. The van der Waals surface area contributed by atoms with Gasteiger partial charge in [-0.15, -0.1) is 0 Å². The Kier molecular flexibility index (Phi) is 3.82. The Hall–Kier alpha value is -2.04. The molecule has 0 radical (unpaired) electrons. The van der Waals surface area contributed by atoms with E-state index in [9.17, 15) is 4.79 Å². The molecule has 1 aromatic carbocycles. The summed E-state index contributed by atoms with van der Waals surface area (Å²) in [6.07, 6.45) is 1.75. The van der Waals surface area contributed by atoms with Gasteiger partial charge in [0.2, 0.25) is 0 Å². The summed E-state index contributed by atoms with van der Waals surface area (Å²) in [4.78, 5) is 13.5. The quantitative estimate of drug-likeness (QED) is 0.876. The first-order chi connectivity index (χ1) is 8.74. The Bertz CT molecular complexity index is 532. The second-order valence-electron chi connectivity index (χ2n) is 3.97. The zero-order chi connectivity index (χ0) is 13.0. The lowest BCUT2D eigenvalue weighted by Crippen LogP contribution is -2.34. The van der Waals surface area contributed by atoms with Gasteiger partial charge in [0.25, 0.3) is 5.91 Å². The second kappa shape index (κ2) is 5.53. The van der Waals surface area contributed by atoms with Gasteiger partial charge in [-0.25, -0.2) is 0 Å². The number of carbonyl (C=O) groups is 1. The zero-order valence-corrected chi connectivity index (χ0v) is 10.6. The van der Waals surface area contributed by atoms with E-state index in [1.54, 1.807) is 11.1 Å². The lowest BCUT2D eigenvalue weighted by Gasteiger charge is -2.18. The summed E-state index contributed by atoms with van der Waals surface area (Å²) in [5, 5.41) is 7.83. The number of amides is 1. The van der Waals surface area contributed by atoms with Crippen LogP contribution in [0.25, 0.3) is 10.9 Å². The number of fused-ring (bicyclic) bond motifs is 1. The van der Waals surface area contributed by atoms with Crippen LogP contribution in [0.1, 0.15) is 13.8 Å². The first-order valence-electron chi connectivity index (χ1n) is 6.08. The maximum atomic E-state index is 11.8. The van der Waals surface area contributed by atoms with Gasteiger partial charge in [0.05, 0.1) is 11.7 Å². The Morgan fingerprint density at radius 3 is 2.89 bits per heavy atom. The van der Waals surface area contributed by atoms with E-state index >= 15 is 0 Å². The third kappa shape index (κ3) is 2.61. The van der Waals surface area contributed by atoms with Crippen LogP contribution in [0.2, 0.25) is 0 Å². The van der Waals surface area contributed by atoms with Crippen LogP contribution in [0.4, 0.5) is 0 Å². The van der Waals surface area contributed by atoms with Crippen LogP contribution in [-0.4, -0.2) is 40.7 Å². The van der Waals surface area contributed by atoms with Crippen LogP contribution < -0.4 is 4.74 Å². The van der Waals surface area contributed by atoms with Gasteiger partial charge in [0, 0.05) is 24.5 Å². The predicted octanol–water partition coefficient (Wildman–Crippen LogP) is 1.81. The normalized spacial score (nSPS) is 10.6. The number of carbonyl (C=O) groups excluding carboxylic acids is 1. The van der Waals surface area contributed by atoms with Crippen LogP contribution in [0, 0.1) is 0 Å². The number of nitrogens with zero attached hydrogens (tertiary/aromatic N) is 2. The Morgan fingerprint density at radius 1 is 1.39 bits per heavy atom. The van der Waals surface area contributed by atoms with Crippen LogP contribution in [0.3, 0.4) is 0 Å². The highest BCUT2D eigenvalue weighted by Gasteiger charge is 2.10. The fourth-order valence-electron chi connectivity index (χ4n) is 1.82. The second-order valence-corrected chi connectivity index (χ2v) is 3.97. The van der Waals surface area contributed by atoms with Crippen molar-refractivity contribution in [2.24, 2.45) is 0 Å². The molecular formula is C13H17N3O2. The number of hydrogen-bond donors (Lipinski definition) is 1.